The summed E-state index contributed by atoms with van der Waals surface area (Å²) < 4.78 is 0. The lowest BCUT2D eigenvalue weighted by Crippen LogP contribution is -2.24. The van der Waals surface area contributed by atoms with Crippen molar-refractivity contribution in [3.8, 4) is 0 Å². The summed E-state index contributed by atoms with van der Waals surface area (Å²) in [4.78, 5) is 10.9. The zero-order valence-corrected chi connectivity index (χ0v) is 14.6. The van der Waals surface area contributed by atoms with E-state index in [2.05, 4.69) is 39.8 Å². The zero-order valence-electron chi connectivity index (χ0n) is 14.6. The molecule has 1 aliphatic carbocycles. The monoisotopic (exact) mass is 296 g/mol. The lowest BCUT2D eigenvalue weighted by Gasteiger charge is -2.34. The highest BCUT2D eigenvalue weighted by Gasteiger charge is 2.28. The summed E-state index contributed by atoms with van der Waals surface area (Å²) in [6, 6.07) is 4.75. The predicted octanol–water partition coefficient (Wildman–Crippen LogP) is 5.24. The SMILES string of the molecule is CC(=O)/C=C/C=C(\C)Cc1cc(C)c2c(c1)C(C)(C)CCC2. The van der Waals surface area contributed by atoms with Gasteiger partial charge >= 0.3 is 0 Å². The van der Waals surface area contributed by atoms with Crippen molar-refractivity contribution >= 4 is 5.78 Å². The van der Waals surface area contributed by atoms with Gasteiger partial charge in [-0.2, -0.15) is 0 Å². The summed E-state index contributed by atoms with van der Waals surface area (Å²) in [6.45, 7) is 10.7. The topological polar surface area (TPSA) is 17.1 Å². The summed E-state index contributed by atoms with van der Waals surface area (Å²) >= 11 is 0. The Bertz CT molecular complexity index is 630. The Labute approximate surface area is 135 Å². The van der Waals surface area contributed by atoms with E-state index in [4.69, 9.17) is 0 Å². The van der Waals surface area contributed by atoms with Crippen molar-refractivity contribution in [1.82, 2.24) is 0 Å². The first-order chi connectivity index (χ1) is 10.3. The molecule has 1 aromatic rings. The van der Waals surface area contributed by atoms with Crippen LogP contribution in [0.15, 0.2) is 35.9 Å². The molecule has 1 nitrogen and oxygen atoms in total. The van der Waals surface area contributed by atoms with E-state index in [-0.39, 0.29) is 5.78 Å². The van der Waals surface area contributed by atoms with Gasteiger partial charge in [-0.05, 0) is 80.2 Å². The minimum atomic E-state index is 0.0930. The van der Waals surface area contributed by atoms with Crippen molar-refractivity contribution in [2.45, 2.75) is 65.7 Å². The minimum Gasteiger partial charge on any atom is -0.295 e. The molecule has 0 atom stereocenters. The molecule has 0 heterocycles. The maximum atomic E-state index is 10.9. The summed E-state index contributed by atoms with van der Waals surface area (Å²) in [5.74, 6) is 0.0930. The largest absolute Gasteiger partial charge is 0.295 e. The van der Waals surface area contributed by atoms with E-state index >= 15 is 0 Å². The average molecular weight is 296 g/mol. The van der Waals surface area contributed by atoms with E-state index < -0.39 is 0 Å². The van der Waals surface area contributed by atoms with Crippen LogP contribution in [0.3, 0.4) is 0 Å². The number of allylic oxidation sites excluding steroid dienone is 4. The fourth-order valence-electron chi connectivity index (χ4n) is 3.50. The molecule has 0 bridgehead atoms. The first kappa shape index (κ1) is 16.7. The highest BCUT2D eigenvalue weighted by Crippen LogP contribution is 2.38. The molecule has 0 spiro atoms. The number of aryl methyl sites for hydroxylation is 1. The van der Waals surface area contributed by atoms with Crippen molar-refractivity contribution in [1.29, 1.82) is 0 Å². The highest BCUT2D eigenvalue weighted by atomic mass is 16.1. The smallest absolute Gasteiger partial charge is 0.152 e. The molecule has 0 fully saturated rings. The Balaban J connectivity index is 2.27. The third-order valence-corrected chi connectivity index (χ3v) is 4.69. The summed E-state index contributed by atoms with van der Waals surface area (Å²) in [5, 5.41) is 0. The van der Waals surface area contributed by atoms with Gasteiger partial charge in [0.25, 0.3) is 0 Å². The average Bonchev–Trinajstić information content (AvgIpc) is 2.39. The molecular weight excluding hydrogens is 268 g/mol. The van der Waals surface area contributed by atoms with Gasteiger partial charge < -0.3 is 0 Å². The van der Waals surface area contributed by atoms with Crippen LogP contribution >= 0.6 is 0 Å². The van der Waals surface area contributed by atoms with E-state index in [9.17, 15) is 4.79 Å². The molecule has 1 heteroatoms. The minimum absolute atomic E-state index is 0.0930. The third-order valence-electron chi connectivity index (χ3n) is 4.69. The molecule has 0 amide bonds. The number of fused-ring (bicyclic) bond motifs is 1. The maximum Gasteiger partial charge on any atom is 0.152 e. The molecule has 0 saturated heterocycles. The number of hydrogen-bond donors (Lipinski definition) is 0. The van der Waals surface area contributed by atoms with Crippen molar-refractivity contribution in [3.05, 3.63) is 58.2 Å². The van der Waals surface area contributed by atoms with Crippen LogP contribution in [0.4, 0.5) is 0 Å². The van der Waals surface area contributed by atoms with Crippen LogP contribution in [0.2, 0.25) is 0 Å². The molecule has 0 saturated carbocycles. The van der Waals surface area contributed by atoms with Crippen LogP contribution in [-0.4, -0.2) is 5.78 Å². The fourth-order valence-corrected chi connectivity index (χ4v) is 3.50. The predicted molar refractivity (Wildman–Crippen MR) is 94.4 cm³/mol. The molecule has 0 radical (unpaired) electrons. The molecule has 22 heavy (non-hydrogen) atoms. The first-order valence-corrected chi connectivity index (χ1v) is 8.27. The second-order valence-corrected chi connectivity index (χ2v) is 7.34. The standard InChI is InChI=1S/C21H28O/c1-15(8-6-9-17(3)22)12-18-13-16(2)19-10-7-11-21(4,5)20(19)14-18/h6,8-9,13-14H,7,10-12H2,1-5H3/b9-6+,15-8+. The number of carbonyl (C=O) groups is 1. The van der Waals surface area contributed by atoms with E-state index in [1.165, 1.54) is 36.0 Å². The van der Waals surface area contributed by atoms with Gasteiger partial charge in [0.15, 0.2) is 5.78 Å². The normalized spacial score (nSPS) is 17.6. The Hall–Kier alpha value is -1.63. The van der Waals surface area contributed by atoms with Crippen molar-refractivity contribution in [2.75, 3.05) is 0 Å². The summed E-state index contributed by atoms with van der Waals surface area (Å²) in [6.07, 6.45) is 10.3. The van der Waals surface area contributed by atoms with Crippen LogP contribution in [0.25, 0.3) is 0 Å². The third kappa shape index (κ3) is 3.97. The number of ketones is 1. The molecule has 2 rings (SSSR count). The molecule has 1 aliphatic rings. The molecule has 0 unspecified atom stereocenters. The molecule has 118 valence electrons. The quantitative estimate of drug-likeness (QED) is 0.548. The zero-order chi connectivity index (χ0) is 16.3. The van der Waals surface area contributed by atoms with Crippen LogP contribution in [-0.2, 0) is 23.1 Å². The van der Waals surface area contributed by atoms with Gasteiger partial charge in [-0.15, -0.1) is 0 Å². The van der Waals surface area contributed by atoms with E-state index in [0.29, 0.717) is 5.41 Å². The van der Waals surface area contributed by atoms with Gasteiger partial charge in [0.2, 0.25) is 0 Å². The number of benzene rings is 1. The van der Waals surface area contributed by atoms with Gasteiger partial charge in [-0.25, -0.2) is 0 Å². The molecule has 0 aliphatic heterocycles. The molecule has 0 aromatic heterocycles. The van der Waals surface area contributed by atoms with Crippen LogP contribution < -0.4 is 0 Å². The fraction of sp³-hybridized carbons (Fsp3) is 0.476. The Morgan fingerprint density at radius 1 is 1.27 bits per heavy atom. The lowest BCUT2D eigenvalue weighted by atomic mass is 9.71. The van der Waals surface area contributed by atoms with Gasteiger partial charge in [0.05, 0.1) is 0 Å². The van der Waals surface area contributed by atoms with Gasteiger partial charge in [-0.3, -0.25) is 4.79 Å². The van der Waals surface area contributed by atoms with Gasteiger partial charge in [-0.1, -0.05) is 43.7 Å². The van der Waals surface area contributed by atoms with Crippen molar-refractivity contribution < 1.29 is 4.79 Å². The Kier molecular flexibility index (Phi) is 5.05. The van der Waals surface area contributed by atoms with Crippen LogP contribution in [0.5, 0.6) is 0 Å². The van der Waals surface area contributed by atoms with Crippen molar-refractivity contribution in [3.63, 3.8) is 0 Å². The lowest BCUT2D eigenvalue weighted by molar-refractivity contribution is -0.112. The molecule has 1 aromatic carbocycles. The van der Waals surface area contributed by atoms with Crippen LogP contribution in [0, 0.1) is 6.92 Å². The molecular formula is C21H28O. The summed E-state index contributed by atoms with van der Waals surface area (Å²) in [5.41, 5.74) is 7.51. The number of hydrogen-bond acceptors (Lipinski definition) is 1. The highest BCUT2D eigenvalue weighted by molar-refractivity contribution is 5.87. The van der Waals surface area contributed by atoms with Crippen molar-refractivity contribution in [2.24, 2.45) is 0 Å². The Morgan fingerprint density at radius 3 is 2.68 bits per heavy atom. The molecule has 0 N–H and O–H groups in total. The second kappa shape index (κ2) is 6.64. The second-order valence-electron chi connectivity index (χ2n) is 7.34. The number of rotatable bonds is 4. The van der Waals surface area contributed by atoms with Crippen LogP contribution in [0.1, 0.15) is 62.8 Å². The summed E-state index contributed by atoms with van der Waals surface area (Å²) in [7, 11) is 0. The maximum absolute atomic E-state index is 10.9. The van der Waals surface area contributed by atoms with Gasteiger partial charge in [0.1, 0.15) is 0 Å². The van der Waals surface area contributed by atoms with Gasteiger partial charge in [0, 0.05) is 0 Å². The Morgan fingerprint density at radius 2 is 2.00 bits per heavy atom. The first-order valence-electron chi connectivity index (χ1n) is 8.27. The number of carbonyl (C=O) groups excluding carboxylic acids is 1. The van der Waals surface area contributed by atoms with E-state index in [0.717, 1.165) is 6.42 Å². The van der Waals surface area contributed by atoms with E-state index in [1.807, 2.05) is 12.2 Å². The van der Waals surface area contributed by atoms with E-state index in [1.54, 1.807) is 24.1 Å².